The minimum atomic E-state index is 0.680. The van der Waals surface area contributed by atoms with Crippen LogP contribution in [0.2, 0.25) is 0 Å². The molecule has 0 aliphatic carbocycles. The van der Waals surface area contributed by atoms with Crippen LogP contribution in [0.1, 0.15) is 35.1 Å². The topological polar surface area (TPSA) is 44.5 Å². The predicted octanol–water partition coefficient (Wildman–Crippen LogP) is 4.74. The molecular weight excluding hydrogens is 286 g/mol. The molecule has 0 radical (unpaired) electrons. The van der Waals surface area contributed by atoms with E-state index < -0.39 is 0 Å². The average Bonchev–Trinajstić information content (AvgIpc) is 2.53. The fourth-order valence-corrected chi connectivity index (χ4v) is 2.48. The van der Waals surface area contributed by atoms with Gasteiger partial charge in [0, 0.05) is 11.8 Å². The van der Waals surface area contributed by atoms with Gasteiger partial charge in [-0.25, -0.2) is 0 Å². The lowest BCUT2D eigenvalue weighted by Gasteiger charge is -2.14. The van der Waals surface area contributed by atoms with Gasteiger partial charge in [-0.05, 0) is 68.9 Å². The lowest BCUT2D eigenvalue weighted by Crippen LogP contribution is -2.05. The van der Waals surface area contributed by atoms with Crippen molar-refractivity contribution in [1.82, 2.24) is 0 Å². The minimum Gasteiger partial charge on any atom is -0.493 e. The van der Waals surface area contributed by atoms with Gasteiger partial charge in [0.05, 0.1) is 13.2 Å². The molecule has 3 nitrogen and oxygen atoms in total. The summed E-state index contributed by atoms with van der Waals surface area (Å²) in [6.07, 6.45) is 1.92. The van der Waals surface area contributed by atoms with Crippen LogP contribution in [-0.2, 0) is 0 Å². The molecule has 0 aliphatic heterocycles. The Balaban J connectivity index is 1.74. The standard InChI is InChI=1S/C20H27NO2/c1-14-7-8-16(3)20(17(14)4)23-12-6-5-11-22-19-13-18(21)10-9-15(19)2/h7-10,13H,5-6,11-12,21H2,1-4H3. The zero-order chi connectivity index (χ0) is 16.8. The lowest BCUT2D eigenvalue weighted by molar-refractivity contribution is 0.264. The highest BCUT2D eigenvalue weighted by molar-refractivity contribution is 5.48. The van der Waals surface area contributed by atoms with Crippen LogP contribution in [0.5, 0.6) is 11.5 Å². The van der Waals surface area contributed by atoms with Gasteiger partial charge in [0.2, 0.25) is 0 Å². The van der Waals surface area contributed by atoms with E-state index in [9.17, 15) is 0 Å². The van der Waals surface area contributed by atoms with E-state index in [1.54, 1.807) is 0 Å². The van der Waals surface area contributed by atoms with Gasteiger partial charge in [0.15, 0.2) is 0 Å². The SMILES string of the molecule is Cc1ccc(N)cc1OCCCCOc1c(C)ccc(C)c1C. The number of hydrogen-bond acceptors (Lipinski definition) is 3. The average molecular weight is 313 g/mol. The van der Waals surface area contributed by atoms with E-state index in [0.29, 0.717) is 13.2 Å². The number of anilines is 1. The first-order valence-electron chi connectivity index (χ1n) is 8.17. The van der Waals surface area contributed by atoms with E-state index in [4.69, 9.17) is 15.2 Å². The highest BCUT2D eigenvalue weighted by atomic mass is 16.5. The maximum Gasteiger partial charge on any atom is 0.125 e. The van der Waals surface area contributed by atoms with E-state index in [0.717, 1.165) is 35.6 Å². The zero-order valence-corrected chi connectivity index (χ0v) is 14.6. The van der Waals surface area contributed by atoms with Crippen molar-refractivity contribution in [2.24, 2.45) is 0 Å². The van der Waals surface area contributed by atoms with Crippen LogP contribution in [0, 0.1) is 27.7 Å². The van der Waals surface area contributed by atoms with E-state index in [1.165, 1.54) is 16.7 Å². The molecule has 2 aromatic carbocycles. The van der Waals surface area contributed by atoms with E-state index in [-0.39, 0.29) is 0 Å². The molecule has 0 aromatic heterocycles. The zero-order valence-electron chi connectivity index (χ0n) is 14.6. The van der Waals surface area contributed by atoms with Crippen LogP contribution >= 0.6 is 0 Å². The monoisotopic (exact) mass is 313 g/mol. The highest BCUT2D eigenvalue weighted by Crippen LogP contribution is 2.26. The van der Waals surface area contributed by atoms with Crippen LogP contribution in [0.4, 0.5) is 5.69 Å². The van der Waals surface area contributed by atoms with Gasteiger partial charge in [-0.1, -0.05) is 18.2 Å². The summed E-state index contributed by atoms with van der Waals surface area (Å²) in [7, 11) is 0. The molecule has 0 unspecified atom stereocenters. The van der Waals surface area contributed by atoms with Gasteiger partial charge < -0.3 is 15.2 Å². The number of benzene rings is 2. The molecule has 0 atom stereocenters. The Labute approximate surface area is 139 Å². The molecule has 3 heteroatoms. The third kappa shape index (κ3) is 4.65. The fourth-order valence-electron chi connectivity index (χ4n) is 2.48. The second-order valence-electron chi connectivity index (χ2n) is 6.08. The molecular formula is C20H27NO2. The van der Waals surface area contributed by atoms with Crippen molar-refractivity contribution in [1.29, 1.82) is 0 Å². The Kier molecular flexibility index (Phi) is 5.91. The predicted molar refractivity (Wildman–Crippen MR) is 96.5 cm³/mol. The molecule has 0 fully saturated rings. The molecule has 0 amide bonds. The molecule has 2 aromatic rings. The van der Waals surface area contributed by atoms with E-state index >= 15 is 0 Å². The molecule has 0 saturated heterocycles. The maximum absolute atomic E-state index is 5.97. The number of aryl methyl sites for hydroxylation is 3. The van der Waals surface area contributed by atoms with E-state index in [2.05, 4.69) is 32.9 Å². The van der Waals surface area contributed by atoms with Crippen molar-refractivity contribution < 1.29 is 9.47 Å². The third-order valence-electron chi connectivity index (χ3n) is 4.13. The first-order valence-corrected chi connectivity index (χ1v) is 8.17. The summed E-state index contributed by atoms with van der Waals surface area (Å²) in [4.78, 5) is 0. The van der Waals surface area contributed by atoms with Gasteiger partial charge in [0.25, 0.3) is 0 Å². The molecule has 2 N–H and O–H groups in total. The van der Waals surface area contributed by atoms with Crippen LogP contribution in [0.3, 0.4) is 0 Å². The minimum absolute atomic E-state index is 0.680. The van der Waals surface area contributed by atoms with Crippen molar-refractivity contribution >= 4 is 5.69 Å². The Hall–Kier alpha value is -2.16. The Morgan fingerprint density at radius 3 is 2.13 bits per heavy atom. The largest absolute Gasteiger partial charge is 0.493 e. The number of nitrogen functional groups attached to an aromatic ring is 1. The summed E-state index contributed by atoms with van der Waals surface area (Å²) in [6.45, 7) is 9.74. The number of ether oxygens (including phenoxy) is 2. The number of nitrogens with two attached hydrogens (primary N) is 1. The van der Waals surface area contributed by atoms with Gasteiger partial charge >= 0.3 is 0 Å². The Morgan fingerprint density at radius 1 is 0.783 bits per heavy atom. The van der Waals surface area contributed by atoms with Gasteiger partial charge in [-0.3, -0.25) is 0 Å². The molecule has 0 bridgehead atoms. The highest BCUT2D eigenvalue weighted by Gasteiger charge is 2.06. The summed E-state index contributed by atoms with van der Waals surface area (Å²) in [5, 5.41) is 0. The molecule has 0 heterocycles. The molecule has 124 valence electrons. The number of unbranched alkanes of at least 4 members (excludes halogenated alkanes) is 1. The number of hydrogen-bond donors (Lipinski definition) is 1. The summed E-state index contributed by atoms with van der Waals surface area (Å²) < 4.78 is 11.8. The second-order valence-corrected chi connectivity index (χ2v) is 6.08. The smallest absolute Gasteiger partial charge is 0.125 e. The van der Waals surface area contributed by atoms with Gasteiger partial charge in [0.1, 0.15) is 11.5 Å². The van der Waals surface area contributed by atoms with E-state index in [1.807, 2.05) is 25.1 Å². The molecule has 0 spiro atoms. The van der Waals surface area contributed by atoms with Crippen molar-refractivity contribution in [3.05, 3.63) is 52.6 Å². The van der Waals surface area contributed by atoms with Crippen molar-refractivity contribution in [2.75, 3.05) is 18.9 Å². The molecule has 0 aliphatic rings. The van der Waals surface area contributed by atoms with Crippen LogP contribution < -0.4 is 15.2 Å². The van der Waals surface area contributed by atoms with Crippen LogP contribution in [0.15, 0.2) is 30.3 Å². The summed E-state index contributed by atoms with van der Waals surface area (Å²) in [6, 6.07) is 10.0. The Morgan fingerprint density at radius 2 is 1.39 bits per heavy atom. The molecule has 23 heavy (non-hydrogen) atoms. The van der Waals surface area contributed by atoms with Crippen LogP contribution in [-0.4, -0.2) is 13.2 Å². The number of rotatable bonds is 7. The third-order valence-corrected chi connectivity index (χ3v) is 4.13. The van der Waals surface area contributed by atoms with Crippen molar-refractivity contribution in [3.8, 4) is 11.5 Å². The molecule has 0 saturated carbocycles. The summed E-state index contributed by atoms with van der Waals surface area (Å²) in [5.74, 6) is 1.90. The lowest BCUT2D eigenvalue weighted by atomic mass is 10.1. The Bertz CT molecular complexity index is 665. The second kappa shape index (κ2) is 7.91. The molecule has 2 rings (SSSR count). The van der Waals surface area contributed by atoms with Gasteiger partial charge in [-0.15, -0.1) is 0 Å². The normalized spacial score (nSPS) is 10.6. The quantitative estimate of drug-likeness (QED) is 0.593. The first-order chi connectivity index (χ1) is 11.0. The van der Waals surface area contributed by atoms with Crippen LogP contribution in [0.25, 0.3) is 0 Å². The van der Waals surface area contributed by atoms with Crippen molar-refractivity contribution in [2.45, 2.75) is 40.5 Å². The summed E-state index contributed by atoms with van der Waals surface area (Å²) in [5.41, 5.74) is 11.3. The fraction of sp³-hybridized carbons (Fsp3) is 0.400. The first kappa shape index (κ1) is 17.2. The van der Waals surface area contributed by atoms with Crippen molar-refractivity contribution in [3.63, 3.8) is 0 Å². The summed E-state index contributed by atoms with van der Waals surface area (Å²) >= 11 is 0. The van der Waals surface area contributed by atoms with Gasteiger partial charge in [-0.2, -0.15) is 0 Å². The maximum atomic E-state index is 5.97.